The van der Waals surface area contributed by atoms with Crippen molar-refractivity contribution in [3.8, 4) is 0 Å². The minimum atomic E-state index is -2.89. The van der Waals surface area contributed by atoms with Crippen molar-refractivity contribution in [1.29, 1.82) is 0 Å². The highest BCUT2D eigenvalue weighted by Gasteiger charge is 2.02. The molecule has 0 atom stereocenters. The molecule has 20 heavy (non-hydrogen) atoms. The summed E-state index contributed by atoms with van der Waals surface area (Å²) in [5.41, 5.74) is 0. The fraction of sp³-hybridized carbons (Fsp3) is 0.917. The van der Waals surface area contributed by atoms with Gasteiger partial charge in [0.1, 0.15) is 9.84 Å². The van der Waals surface area contributed by atoms with Crippen LogP contribution in [-0.2, 0) is 19.3 Å². The molecule has 0 amide bonds. The molecular weight excluding hydrogens is 282 g/mol. The van der Waals surface area contributed by atoms with Gasteiger partial charge in [-0.25, -0.2) is 8.42 Å². The van der Waals surface area contributed by atoms with Crippen LogP contribution in [0.2, 0.25) is 0 Å². The molecule has 0 spiro atoms. The fourth-order valence-electron chi connectivity index (χ4n) is 1.39. The number of hydrogen-bond donors (Lipinski definition) is 2. The molecule has 0 aliphatic rings. The highest BCUT2D eigenvalue weighted by Crippen LogP contribution is 1.87. The summed E-state index contributed by atoms with van der Waals surface area (Å²) in [6.45, 7) is 3.21. The van der Waals surface area contributed by atoms with E-state index in [1.807, 2.05) is 0 Å². The van der Waals surface area contributed by atoms with Crippen LogP contribution in [0.4, 0.5) is 0 Å². The molecule has 0 saturated heterocycles. The Hall–Kier alpha value is -0.860. The predicted molar refractivity (Wildman–Crippen MR) is 81.0 cm³/mol. The third-order valence-corrected chi connectivity index (χ3v) is 3.43. The van der Waals surface area contributed by atoms with Gasteiger partial charge in [0.2, 0.25) is 0 Å². The maximum atomic E-state index is 11.0. The zero-order valence-corrected chi connectivity index (χ0v) is 13.5. The summed E-state index contributed by atoms with van der Waals surface area (Å²) in [7, 11) is 0.437. The molecule has 0 aliphatic carbocycles. The summed E-state index contributed by atoms with van der Waals surface area (Å²) in [6, 6.07) is 0. The lowest BCUT2D eigenvalue weighted by atomic mass is 10.4. The topological polar surface area (TPSA) is 89.0 Å². The van der Waals surface area contributed by atoms with Crippen LogP contribution in [0, 0.1) is 0 Å². The minimum Gasteiger partial charge on any atom is -0.382 e. The minimum absolute atomic E-state index is 0.185. The van der Waals surface area contributed by atoms with E-state index in [2.05, 4.69) is 15.6 Å². The number of sulfone groups is 1. The Morgan fingerprint density at radius 1 is 1.10 bits per heavy atom. The van der Waals surface area contributed by atoms with Crippen LogP contribution >= 0.6 is 0 Å². The van der Waals surface area contributed by atoms with Gasteiger partial charge in [0, 0.05) is 40.1 Å². The van der Waals surface area contributed by atoms with Crippen molar-refractivity contribution >= 4 is 15.8 Å². The maximum absolute atomic E-state index is 11.0. The number of aliphatic imine (C=N–C) groups is 1. The number of rotatable bonds is 11. The lowest BCUT2D eigenvalue weighted by Gasteiger charge is -2.11. The van der Waals surface area contributed by atoms with E-state index in [0.717, 1.165) is 13.0 Å². The van der Waals surface area contributed by atoms with Gasteiger partial charge in [0.15, 0.2) is 5.96 Å². The second-order valence-corrected chi connectivity index (χ2v) is 6.63. The molecule has 8 heteroatoms. The van der Waals surface area contributed by atoms with E-state index in [-0.39, 0.29) is 5.75 Å². The number of guanidine groups is 1. The average Bonchev–Trinajstić information content (AvgIpc) is 2.39. The van der Waals surface area contributed by atoms with Crippen molar-refractivity contribution in [2.75, 3.05) is 59.1 Å². The van der Waals surface area contributed by atoms with Crippen LogP contribution in [0.15, 0.2) is 4.99 Å². The van der Waals surface area contributed by atoms with Gasteiger partial charge in [-0.05, 0) is 12.8 Å². The Morgan fingerprint density at radius 2 is 1.75 bits per heavy atom. The van der Waals surface area contributed by atoms with Crippen LogP contribution in [0.5, 0.6) is 0 Å². The van der Waals surface area contributed by atoms with Crippen molar-refractivity contribution in [2.45, 2.75) is 12.8 Å². The van der Waals surface area contributed by atoms with Gasteiger partial charge in [-0.15, -0.1) is 0 Å². The summed E-state index contributed by atoms with van der Waals surface area (Å²) in [5.74, 6) is 0.861. The Morgan fingerprint density at radius 3 is 2.30 bits per heavy atom. The quantitative estimate of drug-likeness (QED) is 0.308. The summed E-state index contributed by atoms with van der Waals surface area (Å²) in [6.07, 6.45) is 2.68. The Labute approximate surface area is 122 Å². The number of nitrogens with one attached hydrogen (secondary N) is 2. The molecule has 0 saturated carbocycles. The van der Waals surface area contributed by atoms with Crippen LogP contribution in [0.3, 0.4) is 0 Å². The van der Waals surface area contributed by atoms with Gasteiger partial charge in [0.05, 0.1) is 19.0 Å². The van der Waals surface area contributed by atoms with Crippen molar-refractivity contribution < 1.29 is 17.9 Å². The van der Waals surface area contributed by atoms with Gasteiger partial charge in [-0.1, -0.05) is 0 Å². The van der Waals surface area contributed by atoms with Crippen molar-refractivity contribution in [3.63, 3.8) is 0 Å². The molecule has 2 N–H and O–H groups in total. The zero-order chi connectivity index (χ0) is 15.3. The number of nitrogens with zero attached hydrogens (tertiary/aromatic N) is 1. The molecule has 0 aromatic heterocycles. The van der Waals surface area contributed by atoms with E-state index in [1.54, 1.807) is 14.2 Å². The average molecular weight is 309 g/mol. The van der Waals surface area contributed by atoms with Crippen LogP contribution in [0.25, 0.3) is 0 Å². The molecule has 0 aliphatic heterocycles. The largest absolute Gasteiger partial charge is 0.382 e. The van der Waals surface area contributed by atoms with Gasteiger partial charge < -0.3 is 20.1 Å². The monoisotopic (exact) mass is 309 g/mol. The number of hydrogen-bond acceptors (Lipinski definition) is 5. The molecule has 7 nitrogen and oxygen atoms in total. The summed E-state index contributed by atoms with van der Waals surface area (Å²) in [4.78, 5) is 4.05. The normalized spacial score (nSPS) is 12.4. The van der Waals surface area contributed by atoms with Crippen molar-refractivity contribution in [3.05, 3.63) is 0 Å². The first-order chi connectivity index (χ1) is 9.49. The molecule has 120 valence electrons. The molecular formula is C12H27N3O4S. The third kappa shape index (κ3) is 13.6. The Bertz CT molecular complexity index is 358. The smallest absolute Gasteiger partial charge is 0.190 e. The second kappa shape index (κ2) is 11.9. The first kappa shape index (κ1) is 19.1. The lowest BCUT2D eigenvalue weighted by Crippen LogP contribution is -2.38. The van der Waals surface area contributed by atoms with Crippen molar-refractivity contribution in [2.24, 2.45) is 4.99 Å². The lowest BCUT2D eigenvalue weighted by molar-refractivity contribution is 0.0698. The summed E-state index contributed by atoms with van der Waals surface area (Å²) in [5, 5.41) is 6.20. The molecule has 0 heterocycles. The molecule has 0 radical (unpaired) electrons. The molecule has 0 fully saturated rings. The molecule has 0 aromatic carbocycles. The van der Waals surface area contributed by atoms with E-state index in [1.165, 1.54) is 6.26 Å². The number of methoxy groups -OCH3 is 1. The maximum Gasteiger partial charge on any atom is 0.190 e. The van der Waals surface area contributed by atoms with E-state index in [4.69, 9.17) is 9.47 Å². The Balaban J connectivity index is 3.53. The van der Waals surface area contributed by atoms with Gasteiger partial charge in [0.25, 0.3) is 0 Å². The first-order valence-corrected chi connectivity index (χ1v) is 8.74. The predicted octanol–water partition coefficient (Wildman–Crippen LogP) is -0.361. The fourth-order valence-corrected chi connectivity index (χ4v) is 2.06. The van der Waals surface area contributed by atoms with E-state index >= 15 is 0 Å². The number of ether oxygens (including phenoxy) is 2. The standard InChI is InChI=1S/C12H27N3O4S/c1-13-12(15-7-5-11-20(3,16)17)14-6-4-8-19-10-9-18-2/h4-11H2,1-3H3,(H2,13,14,15). The Kier molecular flexibility index (Phi) is 11.4. The molecule has 0 unspecified atom stereocenters. The van der Waals surface area contributed by atoms with E-state index in [9.17, 15) is 8.42 Å². The van der Waals surface area contributed by atoms with Crippen LogP contribution in [0.1, 0.15) is 12.8 Å². The highest BCUT2D eigenvalue weighted by molar-refractivity contribution is 7.90. The second-order valence-electron chi connectivity index (χ2n) is 4.37. The first-order valence-electron chi connectivity index (χ1n) is 6.68. The third-order valence-electron chi connectivity index (χ3n) is 2.40. The molecule has 0 bridgehead atoms. The van der Waals surface area contributed by atoms with Gasteiger partial charge >= 0.3 is 0 Å². The SMILES string of the molecule is CN=C(NCCCOCCOC)NCCCS(C)(=O)=O. The highest BCUT2D eigenvalue weighted by atomic mass is 32.2. The van der Waals surface area contributed by atoms with Crippen molar-refractivity contribution in [1.82, 2.24) is 10.6 Å². The van der Waals surface area contributed by atoms with Crippen LogP contribution < -0.4 is 10.6 Å². The van der Waals surface area contributed by atoms with Crippen LogP contribution in [-0.4, -0.2) is 73.5 Å². The molecule has 0 rings (SSSR count). The van der Waals surface area contributed by atoms with Gasteiger partial charge in [-0.2, -0.15) is 0 Å². The molecule has 0 aromatic rings. The zero-order valence-electron chi connectivity index (χ0n) is 12.6. The summed E-state index contributed by atoms with van der Waals surface area (Å²) >= 11 is 0. The van der Waals surface area contributed by atoms with Gasteiger partial charge in [-0.3, -0.25) is 4.99 Å². The van der Waals surface area contributed by atoms with E-state index in [0.29, 0.717) is 38.7 Å². The van der Waals surface area contributed by atoms with E-state index < -0.39 is 9.84 Å². The summed E-state index contributed by atoms with van der Waals surface area (Å²) < 4.78 is 32.1.